The Balaban J connectivity index is 2.71. The smallest absolute Gasteiger partial charge is 0.476 e. The van der Waals surface area contributed by atoms with Crippen LogP contribution in [0.25, 0.3) is 10.9 Å². The number of nitrogens with two attached hydrogens (primary N) is 1. The average Bonchev–Trinajstić information content (AvgIpc) is 2.27. The van der Waals surface area contributed by atoms with Crippen molar-refractivity contribution in [3.63, 3.8) is 0 Å². The van der Waals surface area contributed by atoms with E-state index < -0.39 is 29.7 Å². The summed E-state index contributed by atoms with van der Waals surface area (Å²) in [6.45, 7) is 0. The van der Waals surface area contributed by atoms with Gasteiger partial charge in [0.2, 0.25) is 5.95 Å². The highest BCUT2D eigenvalue weighted by Gasteiger charge is 2.32. The third-order valence-corrected chi connectivity index (χ3v) is 2.14. The van der Waals surface area contributed by atoms with Crippen LogP contribution in [0.5, 0.6) is 5.75 Å². The number of anilines is 1. The van der Waals surface area contributed by atoms with Crippen LogP contribution in [0.4, 0.5) is 19.1 Å². The standard InChI is InChI=1S/C10H6F3N3O3/c11-10(12,13)19-5-3-1-2-4-6(5)15-9(14)16-7(4)8(17)18/h1-3H,(H,17,18)(H2,14,15,16). The van der Waals surface area contributed by atoms with Gasteiger partial charge < -0.3 is 15.6 Å². The Hall–Kier alpha value is -2.58. The lowest BCUT2D eigenvalue weighted by Crippen LogP contribution is -2.18. The Morgan fingerprint density at radius 1 is 1.32 bits per heavy atom. The molecule has 2 aromatic rings. The first kappa shape index (κ1) is 12.9. The zero-order chi connectivity index (χ0) is 14.2. The molecule has 3 N–H and O–H groups in total. The molecule has 0 fully saturated rings. The summed E-state index contributed by atoms with van der Waals surface area (Å²) in [4.78, 5) is 18.0. The van der Waals surface area contributed by atoms with E-state index in [0.29, 0.717) is 0 Å². The molecule has 2 rings (SSSR count). The van der Waals surface area contributed by atoms with Gasteiger partial charge in [0.15, 0.2) is 11.4 Å². The first-order valence-electron chi connectivity index (χ1n) is 4.83. The van der Waals surface area contributed by atoms with Crippen molar-refractivity contribution in [2.24, 2.45) is 0 Å². The van der Waals surface area contributed by atoms with Crippen molar-refractivity contribution in [3.05, 3.63) is 23.9 Å². The number of aromatic carboxylic acids is 1. The van der Waals surface area contributed by atoms with Gasteiger partial charge in [0, 0.05) is 5.39 Å². The fourth-order valence-electron chi connectivity index (χ4n) is 1.51. The molecule has 0 aliphatic rings. The van der Waals surface area contributed by atoms with Crippen LogP contribution < -0.4 is 10.5 Å². The van der Waals surface area contributed by atoms with E-state index in [0.717, 1.165) is 6.07 Å². The summed E-state index contributed by atoms with van der Waals surface area (Å²) in [5, 5.41) is 8.83. The molecule has 100 valence electrons. The number of carbonyl (C=O) groups is 1. The lowest BCUT2D eigenvalue weighted by molar-refractivity contribution is -0.274. The number of para-hydroxylation sites is 1. The second-order valence-electron chi connectivity index (χ2n) is 3.44. The monoisotopic (exact) mass is 273 g/mol. The van der Waals surface area contributed by atoms with Gasteiger partial charge in [-0.25, -0.2) is 14.8 Å². The number of halogens is 3. The van der Waals surface area contributed by atoms with Crippen LogP contribution >= 0.6 is 0 Å². The number of benzene rings is 1. The van der Waals surface area contributed by atoms with Gasteiger partial charge in [0.25, 0.3) is 0 Å². The Labute approximate surface area is 103 Å². The first-order valence-corrected chi connectivity index (χ1v) is 4.83. The predicted molar refractivity (Wildman–Crippen MR) is 57.6 cm³/mol. The summed E-state index contributed by atoms with van der Waals surface area (Å²) in [5.41, 5.74) is 4.47. The number of alkyl halides is 3. The summed E-state index contributed by atoms with van der Waals surface area (Å²) in [5.74, 6) is -2.52. The number of nitrogen functional groups attached to an aromatic ring is 1. The van der Waals surface area contributed by atoms with Gasteiger partial charge >= 0.3 is 12.3 Å². The minimum absolute atomic E-state index is 0.0940. The number of rotatable bonds is 2. The van der Waals surface area contributed by atoms with Crippen molar-refractivity contribution >= 4 is 22.8 Å². The molecule has 0 bridgehead atoms. The Morgan fingerprint density at radius 3 is 2.58 bits per heavy atom. The van der Waals surface area contributed by atoms with Crippen LogP contribution in [0.3, 0.4) is 0 Å². The van der Waals surface area contributed by atoms with E-state index in [1.165, 1.54) is 12.1 Å². The normalized spacial score (nSPS) is 11.5. The average molecular weight is 273 g/mol. The van der Waals surface area contributed by atoms with Crippen LogP contribution in [0.15, 0.2) is 18.2 Å². The highest BCUT2D eigenvalue weighted by atomic mass is 19.4. The first-order chi connectivity index (χ1) is 8.78. The summed E-state index contributed by atoms with van der Waals surface area (Å²) < 4.78 is 40.4. The molecule has 1 heterocycles. The second kappa shape index (κ2) is 4.26. The van der Waals surface area contributed by atoms with Crippen LogP contribution in [-0.2, 0) is 0 Å². The molecular formula is C10H6F3N3O3. The van der Waals surface area contributed by atoms with Crippen molar-refractivity contribution in [2.75, 3.05) is 5.73 Å². The maximum atomic E-state index is 12.2. The summed E-state index contributed by atoms with van der Waals surface area (Å²) >= 11 is 0. The van der Waals surface area contributed by atoms with Gasteiger partial charge in [-0.2, -0.15) is 0 Å². The molecule has 0 unspecified atom stereocenters. The van der Waals surface area contributed by atoms with Crippen LogP contribution in [0, 0.1) is 0 Å². The van der Waals surface area contributed by atoms with Crippen molar-refractivity contribution in [3.8, 4) is 5.75 Å². The molecule has 19 heavy (non-hydrogen) atoms. The van der Waals surface area contributed by atoms with Gasteiger partial charge in [-0.3, -0.25) is 0 Å². The molecule has 1 aromatic heterocycles. The Bertz CT molecular complexity index is 657. The van der Waals surface area contributed by atoms with Crippen LogP contribution in [-0.4, -0.2) is 27.4 Å². The van der Waals surface area contributed by atoms with Crippen LogP contribution in [0.1, 0.15) is 10.5 Å². The fourth-order valence-corrected chi connectivity index (χ4v) is 1.51. The SMILES string of the molecule is Nc1nc(C(=O)O)c2cccc(OC(F)(F)F)c2n1. The predicted octanol–water partition coefficient (Wildman–Crippen LogP) is 1.81. The van der Waals surface area contributed by atoms with E-state index in [1.54, 1.807) is 0 Å². The molecule has 1 aromatic carbocycles. The number of hydrogen-bond acceptors (Lipinski definition) is 5. The summed E-state index contributed by atoms with van der Waals surface area (Å²) in [6.07, 6.45) is -4.92. The van der Waals surface area contributed by atoms with E-state index >= 15 is 0 Å². The van der Waals surface area contributed by atoms with E-state index in [-0.39, 0.29) is 10.9 Å². The minimum Gasteiger partial charge on any atom is -0.476 e. The minimum atomic E-state index is -4.92. The zero-order valence-electron chi connectivity index (χ0n) is 9.10. The Morgan fingerprint density at radius 2 is 2.00 bits per heavy atom. The molecule has 0 spiro atoms. The number of ether oxygens (including phenoxy) is 1. The van der Waals surface area contributed by atoms with E-state index in [2.05, 4.69) is 14.7 Å². The second-order valence-corrected chi connectivity index (χ2v) is 3.44. The molecule has 0 radical (unpaired) electrons. The summed E-state index contributed by atoms with van der Waals surface area (Å²) in [7, 11) is 0. The number of nitrogens with zero attached hydrogens (tertiary/aromatic N) is 2. The van der Waals surface area contributed by atoms with Gasteiger partial charge in [-0.05, 0) is 6.07 Å². The third kappa shape index (κ3) is 2.64. The largest absolute Gasteiger partial charge is 0.573 e. The van der Waals surface area contributed by atoms with Crippen molar-refractivity contribution in [2.45, 2.75) is 6.36 Å². The zero-order valence-corrected chi connectivity index (χ0v) is 9.10. The molecule has 9 heteroatoms. The molecular weight excluding hydrogens is 267 g/mol. The fraction of sp³-hybridized carbons (Fsp3) is 0.100. The van der Waals surface area contributed by atoms with Gasteiger partial charge in [-0.1, -0.05) is 12.1 Å². The highest BCUT2D eigenvalue weighted by molar-refractivity contribution is 6.02. The van der Waals surface area contributed by atoms with Gasteiger partial charge in [-0.15, -0.1) is 13.2 Å². The molecule has 6 nitrogen and oxygen atoms in total. The molecule has 0 amide bonds. The maximum Gasteiger partial charge on any atom is 0.573 e. The molecule has 0 saturated heterocycles. The van der Waals surface area contributed by atoms with E-state index in [4.69, 9.17) is 10.8 Å². The van der Waals surface area contributed by atoms with Crippen molar-refractivity contribution in [1.29, 1.82) is 0 Å². The van der Waals surface area contributed by atoms with Crippen molar-refractivity contribution in [1.82, 2.24) is 9.97 Å². The van der Waals surface area contributed by atoms with Crippen molar-refractivity contribution < 1.29 is 27.8 Å². The topological polar surface area (TPSA) is 98.3 Å². The van der Waals surface area contributed by atoms with Gasteiger partial charge in [0.1, 0.15) is 5.52 Å². The summed E-state index contributed by atoms with van der Waals surface area (Å²) in [6, 6.07) is 3.48. The van der Waals surface area contributed by atoms with Gasteiger partial charge in [0.05, 0.1) is 0 Å². The Kier molecular flexibility index (Phi) is 2.89. The molecule has 0 atom stereocenters. The lowest BCUT2D eigenvalue weighted by Gasteiger charge is -2.11. The molecule has 0 aliphatic heterocycles. The number of aromatic nitrogens is 2. The van der Waals surface area contributed by atoms with E-state index in [1.807, 2.05) is 0 Å². The van der Waals surface area contributed by atoms with E-state index in [9.17, 15) is 18.0 Å². The maximum absolute atomic E-state index is 12.2. The highest BCUT2D eigenvalue weighted by Crippen LogP contribution is 2.30. The number of carboxylic acid groups (broad SMARTS) is 1. The van der Waals surface area contributed by atoms with Crippen LogP contribution in [0.2, 0.25) is 0 Å². The third-order valence-electron chi connectivity index (χ3n) is 2.14. The number of fused-ring (bicyclic) bond motifs is 1. The quantitative estimate of drug-likeness (QED) is 0.865. The molecule has 0 saturated carbocycles. The lowest BCUT2D eigenvalue weighted by atomic mass is 10.1. The molecule has 0 aliphatic carbocycles. The number of carboxylic acids is 1. The number of hydrogen-bond donors (Lipinski definition) is 2.